The second-order valence-corrected chi connectivity index (χ2v) is 6.32. The molecule has 0 bridgehead atoms. The van der Waals surface area contributed by atoms with Gasteiger partial charge in [-0.3, -0.25) is 9.69 Å². The molecule has 2 heterocycles. The fraction of sp³-hybridized carbons (Fsp3) is 0.556. The molecule has 0 unspecified atom stereocenters. The van der Waals surface area contributed by atoms with Gasteiger partial charge in [0.15, 0.2) is 0 Å². The minimum atomic E-state index is -0.143. The molecule has 3 amide bonds. The average Bonchev–Trinajstić information content (AvgIpc) is 2.70. The lowest BCUT2D eigenvalue weighted by atomic mass is 10.2. The van der Waals surface area contributed by atoms with E-state index in [0.717, 1.165) is 32.8 Å². The minimum absolute atomic E-state index is 0.107. The second-order valence-electron chi connectivity index (χ2n) is 6.32. The number of rotatable bonds is 5. The zero-order valence-electron chi connectivity index (χ0n) is 14.9. The number of anilines is 1. The van der Waals surface area contributed by atoms with Crippen molar-refractivity contribution in [1.29, 1.82) is 0 Å². The predicted molar refractivity (Wildman–Crippen MR) is 97.4 cm³/mol. The van der Waals surface area contributed by atoms with E-state index in [2.05, 4.69) is 15.5 Å². The Hall–Kier alpha value is -2.16. The fourth-order valence-corrected chi connectivity index (χ4v) is 2.93. The highest BCUT2D eigenvalue weighted by Gasteiger charge is 2.17. The molecule has 1 aromatic rings. The number of nitrogens with one attached hydrogen (secondary N) is 2. The Morgan fingerprint density at radius 1 is 0.923 bits per heavy atom. The van der Waals surface area contributed by atoms with Gasteiger partial charge in [0.1, 0.15) is 0 Å². The van der Waals surface area contributed by atoms with Gasteiger partial charge in [0.25, 0.3) is 5.91 Å². The van der Waals surface area contributed by atoms with Crippen LogP contribution in [0.25, 0.3) is 0 Å². The molecular weight excluding hydrogens is 336 g/mol. The van der Waals surface area contributed by atoms with Gasteiger partial charge >= 0.3 is 6.03 Å². The molecule has 0 aromatic heterocycles. The number of nitrogens with zero attached hydrogens (tertiary/aromatic N) is 2. The van der Waals surface area contributed by atoms with Gasteiger partial charge in [0.05, 0.1) is 26.4 Å². The number of morpholine rings is 2. The Labute approximate surface area is 153 Å². The van der Waals surface area contributed by atoms with Crippen LogP contribution in [-0.2, 0) is 9.47 Å². The summed E-state index contributed by atoms with van der Waals surface area (Å²) >= 11 is 0. The lowest BCUT2D eigenvalue weighted by Gasteiger charge is -2.27. The van der Waals surface area contributed by atoms with Gasteiger partial charge < -0.3 is 25.0 Å². The molecular formula is C18H26N4O4. The summed E-state index contributed by atoms with van der Waals surface area (Å²) in [6.45, 7) is 7.08. The average molecular weight is 362 g/mol. The Morgan fingerprint density at radius 2 is 1.54 bits per heavy atom. The lowest BCUT2D eigenvalue weighted by molar-refractivity contribution is 0.0383. The molecule has 2 N–H and O–H groups in total. The Morgan fingerprint density at radius 3 is 2.19 bits per heavy atom. The van der Waals surface area contributed by atoms with Crippen molar-refractivity contribution in [2.45, 2.75) is 0 Å². The zero-order valence-corrected chi connectivity index (χ0v) is 14.9. The molecule has 2 aliphatic heterocycles. The summed E-state index contributed by atoms with van der Waals surface area (Å²) < 4.78 is 10.5. The SMILES string of the molecule is O=C(NCCN1CCOCC1)c1ccc(NC(=O)N2CCOCC2)cc1. The van der Waals surface area contributed by atoms with E-state index < -0.39 is 0 Å². The maximum absolute atomic E-state index is 12.2. The van der Waals surface area contributed by atoms with Crippen molar-refractivity contribution in [3.05, 3.63) is 29.8 Å². The van der Waals surface area contributed by atoms with Crippen molar-refractivity contribution in [1.82, 2.24) is 15.1 Å². The van der Waals surface area contributed by atoms with Crippen LogP contribution < -0.4 is 10.6 Å². The van der Waals surface area contributed by atoms with Crippen LogP contribution >= 0.6 is 0 Å². The fourth-order valence-electron chi connectivity index (χ4n) is 2.93. The van der Waals surface area contributed by atoms with Crippen LogP contribution in [-0.4, -0.2) is 87.4 Å². The largest absolute Gasteiger partial charge is 0.379 e. The second kappa shape index (κ2) is 9.51. The van der Waals surface area contributed by atoms with E-state index in [1.165, 1.54) is 0 Å². The third-order valence-corrected chi connectivity index (χ3v) is 4.51. The van der Waals surface area contributed by atoms with Gasteiger partial charge in [-0.15, -0.1) is 0 Å². The summed E-state index contributed by atoms with van der Waals surface area (Å²) in [7, 11) is 0. The molecule has 8 heteroatoms. The van der Waals surface area contributed by atoms with E-state index in [-0.39, 0.29) is 11.9 Å². The van der Waals surface area contributed by atoms with Gasteiger partial charge in [-0.2, -0.15) is 0 Å². The summed E-state index contributed by atoms with van der Waals surface area (Å²) in [5, 5.41) is 5.77. The third kappa shape index (κ3) is 5.42. The van der Waals surface area contributed by atoms with Gasteiger partial charge in [0, 0.05) is 50.5 Å². The molecule has 8 nitrogen and oxygen atoms in total. The summed E-state index contributed by atoms with van der Waals surface area (Å²) in [6, 6.07) is 6.79. The van der Waals surface area contributed by atoms with Crippen LogP contribution in [0.4, 0.5) is 10.5 Å². The number of benzene rings is 1. The van der Waals surface area contributed by atoms with E-state index in [9.17, 15) is 9.59 Å². The van der Waals surface area contributed by atoms with Crippen LogP contribution in [0, 0.1) is 0 Å². The van der Waals surface area contributed by atoms with E-state index in [1.54, 1.807) is 29.2 Å². The first-order valence-electron chi connectivity index (χ1n) is 9.04. The van der Waals surface area contributed by atoms with Gasteiger partial charge in [-0.1, -0.05) is 0 Å². The summed E-state index contributed by atoms with van der Waals surface area (Å²) in [6.07, 6.45) is 0. The van der Waals surface area contributed by atoms with Crippen molar-refractivity contribution in [3.63, 3.8) is 0 Å². The van der Waals surface area contributed by atoms with Crippen molar-refractivity contribution in [3.8, 4) is 0 Å². The molecule has 26 heavy (non-hydrogen) atoms. The molecule has 0 aliphatic carbocycles. The Kier molecular flexibility index (Phi) is 6.82. The topological polar surface area (TPSA) is 83.1 Å². The van der Waals surface area contributed by atoms with Gasteiger partial charge in [-0.05, 0) is 24.3 Å². The van der Waals surface area contributed by atoms with E-state index in [1.807, 2.05) is 0 Å². The smallest absolute Gasteiger partial charge is 0.321 e. The van der Waals surface area contributed by atoms with Crippen LogP contribution in [0.3, 0.4) is 0 Å². The molecule has 0 atom stereocenters. The van der Waals surface area contributed by atoms with Gasteiger partial charge in [-0.25, -0.2) is 4.79 Å². The molecule has 142 valence electrons. The normalized spacial score (nSPS) is 18.4. The third-order valence-electron chi connectivity index (χ3n) is 4.51. The predicted octanol–water partition coefficient (Wildman–Crippen LogP) is 0.613. The summed E-state index contributed by atoms with van der Waals surface area (Å²) in [4.78, 5) is 28.3. The zero-order chi connectivity index (χ0) is 18.2. The standard InChI is InChI=1S/C18H26N4O4/c23-17(19-5-6-21-7-11-25-12-8-21)15-1-3-16(4-2-15)20-18(24)22-9-13-26-14-10-22/h1-4H,5-14H2,(H,19,23)(H,20,24). The first-order chi connectivity index (χ1) is 12.7. The molecule has 2 aliphatic rings. The molecule has 2 fully saturated rings. The Bertz CT molecular complexity index is 596. The molecule has 0 spiro atoms. The quantitative estimate of drug-likeness (QED) is 0.802. The van der Waals surface area contributed by atoms with Crippen LogP contribution in [0.2, 0.25) is 0 Å². The molecule has 0 radical (unpaired) electrons. The van der Waals surface area contributed by atoms with E-state index >= 15 is 0 Å². The monoisotopic (exact) mass is 362 g/mol. The maximum Gasteiger partial charge on any atom is 0.321 e. The van der Waals surface area contributed by atoms with Gasteiger partial charge in [0.2, 0.25) is 0 Å². The number of ether oxygens (including phenoxy) is 2. The highest BCUT2D eigenvalue weighted by molar-refractivity contribution is 5.95. The Balaban J connectivity index is 1.42. The maximum atomic E-state index is 12.2. The molecule has 1 aromatic carbocycles. The first kappa shape index (κ1) is 18.6. The van der Waals surface area contributed by atoms with Crippen molar-refractivity contribution in [2.24, 2.45) is 0 Å². The number of amides is 3. The number of hydrogen-bond acceptors (Lipinski definition) is 5. The lowest BCUT2D eigenvalue weighted by Crippen LogP contribution is -2.43. The first-order valence-corrected chi connectivity index (χ1v) is 9.04. The summed E-state index contributed by atoms with van der Waals surface area (Å²) in [5.74, 6) is -0.107. The van der Waals surface area contributed by atoms with Crippen molar-refractivity contribution < 1.29 is 19.1 Å². The van der Waals surface area contributed by atoms with Crippen molar-refractivity contribution in [2.75, 3.05) is 71.0 Å². The van der Waals surface area contributed by atoms with E-state index in [0.29, 0.717) is 44.1 Å². The number of carbonyl (C=O) groups excluding carboxylic acids is 2. The summed E-state index contributed by atoms with van der Waals surface area (Å²) in [5.41, 5.74) is 1.25. The van der Waals surface area contributed by atoms with Crippen LogP contribution in [0.15, 0.2) is 24.3 Å². The van der Waals surface area contributed by atoms with Crippen molar-refractivity contribution >= 4 is 17.6 Å². The molecule has 0 saturated carbocycles. The number of carbonyl (C=O) groups is 2. The highest BCUT2D eigenvalue weighted by atomic mass is 16.5. The minimum Gasteiger partial charge on any atom is -0.379 e. The highest BCUT2D eigenvalue weighted by Crippen LogP contribution is 2.11. The van der Waals surface area contributed by atoms with Crippen LogP contribution in [0.1, 0.15) is 10.4 Å². The molecule has 3 rings (SSSR count). The number of urea groups is 1. The van der Waals surface area contributed by atoms with E-state index in [4.69, 9.17) is 9.47 Å². The number of hydrogen-bond donors (Lipinski definition) is 2. The van der Waals surface area contributed by atoms with Crippen LogP contribution in [0.5, 0.6) is 0 Å². The molecule has 2 saturated heterocycles.